The standard InChI is InChI=1S/C28H43N5O8/c1-16(2)22(25(37)31-19(24(36)30-14-20(29)34)13-21(35)41-28(5,6)7)32-26(38)23(17(3)4)33-27(39)40-15-18-11-9-8-10-12-18/h8-12,16-17,19,22-23H,13-15H2,1-7H3,(H2,29,34)(H,30,36)(H,31,37)(H,32,38)(H,33,39)/t19-,22?,23-/m0/s1. The van der Waals surface area contributed by atoms with Crippen molar-refractivity contribution in [2.24, 2.45) is 17.6 Å². The van der Waals surface area contributed by atoms with Crippen molar-refractivity contribution in [2.75, 3.05) is 6.54 Å². The summed E-state index contributed by atoms with van der Waals surface area (Å²) in [5.41, 5.74) is 5.01. The van der Waals surface area contributed by atoms with E-state index in [4.69, 9.17) is 15.2 Å². The minimum absolute atomic E-state index is 0.00693. The minimum Gasteiger partial charge on any atom is -0.460 e. The monoisotopic (exact) mass is 577 g/mol. The van der Waals surface area contributed by atoms with E-state index < -0.39 is 78.3 Å². The van der Waals surface area contributed by atoms with E-state index in [1.807, 2.05) is 6.07 Å². The van der Waals surface area contributed by atoms with Crippen molar-refractivity contribution in [3.05, 3.63) is 35.9 Å². The molecule has 0 saturated heterocycles. The smallest absolute Gasteiger partial charge is 0.408 e. The van der Waals surface area contributed by atoms with Crippen LogP contribution in [0.15, 0.2) is 30.3 Å². The molecule has 0 radical (unpaired) electrons. The molecule has 41 heavy (non-hydrogen) atoms. The largest absolute Gasteiger partial charge is 0.460 e. The second kappa shape index (κ2) is 16.2. The number of hydrogen-bond donors (Lipinski definition) is 5. The number of alkyl carbamates (subject to hydrolysis) is 1. The molecule has 6 N–H and O–H groups in total. The molecular formula is C28H43N5O8. The average molecular weight is 578 g/mol. The number of carbonyl (C=O) groups excluding carboxylic acids is 6. The Hall–Kier alpha value is -4.16. The Morgan fingerprint density at radius 2 is 1.34 bits per heavy atom. The number of carbonyl (C=O) groups is 6. The molecule has 0 aliphatic rings. The summed E-state index contributed by atoms with van der Waals surface area (Å²) in [7, 11) is 0. The highest BCUT2D eigenvalue weighted by atomic mass is 16.6. The first-order valence-electron chi connectivity index (χ1n) is 13.4. The van der Waals surface area contributed by atoms with E-state index in [0.717, 1.165) is 5.56 Å². The highest BCUT2D eigenvalue weighted by Crippen LogP contribution is 2.11. The van der Waals surface area contributed by atoms with E-state index in [1.165, 1.54) is 0 Å². The van der Waals surface area contributed by atoms with E-state index in [1.54, 1.807) is 72.7 Å². The molecule has 0 bridgehead atoms. The lowest BCUT2D eigenvalue weighted by molar-refractivity contribution is -0.156. The number of hydrogen-bond acceptors (Lipinski definition) is 8. The normalized spacial score (nSPS) is 13.4. The zero-order chi connectivity index (χ0) is 31.3. The van der Waals surface area contributed by atoms with E-state index in [0.29, 0.717) is 0 Å². The molecule has 1 unspecified atom stereocenters. The Bertz CT molecular complexity index is 1070. The molecular weight excluding hydrogens is 534 g/mol. The lowest BCUT2D eigenvalue weighted by atomic mass is 9.99. The second-order valence-electron chi connectivity index (χ2n) is 11.2. The summed E-state index contributed by atoms with van der Waals surface area (Å²) >= 11 is 0. The summed E-state index contributed by atoms with van der Waals surface area (Å²) in [6.07, 6.45) is -1.34. The van der Waals surface area contributed by atoms with Crippen LogP contribution in [0, 0.1) is 11.8 Å². The van der Waals surface area contributed by atoms with Crippen molar-refractivity contribution in [2.45, 2.75) is 85.2 Å². The Morgan fingerprint density at radius 3 is 1.85 bits per heavy atom. The molecule has 0 aromatic heterocycles. The Kier molecular flexibility index (Phi) is 13.8. The van der Waals surface area contributed by atoms with Gasteiger partial charge in [-0.1, -0.05) is 58.0 Å². The first-order chi connectivity index (χ1) is 19.0. The summed E-state index contributed by atoms with van der Waals surface area (Å²) in [5, 5.41) is 9.87. The number of benzene rings is 1. The van der Waals surface area contributed by atoms with Gasteiger partial charge in [-0.3, -0.25) is 24.0 Å². The van der Waals surface area contributed by atoms with Gasteiger partial charge in [0.05, 0.1) is 13.0 Å². The first kappa shape index (κ1) is 34.9. The predicted molar refractivity (Wildman–Crippen MR) is 150 cm³/mol. The van der Waals surface area contributed by atoms with Crippen LogP contribution in [0.5, 0.6) is 0 Å². The third-order valence-corrected chi connectivity index (χ3v) is 5.54. The van der Waals surface area contributed by atoms with Gasteiger partial charge in [-0.2, -0.15) is 0 Å². The predicted octanol–water partition coefficient (Wildman–Crippen LogP) is 0.896. The van der Waals surface area contributed by atoms with Crippen molar-refractivity contribution in [1.82, 2.24) is 21.3 Å². The molecule has 0 aliphatic heterocycles. The van der Waals surface area contributed by atoms with Gasteiger partial charge >= 0.3 is 12.1 Å². The second-order valence-corrected chi connectivity index (χ2v) is 11.2. The van der Waals surface area contributed by atoms with Gasteiger partial charge < -0.3 is 36.5 Å². The zero-order valence-corrected chi connectivity index (χ0v) is 24.7. The topological polar surface area (TPSA) is 195 Å². The Balaban J connectivity index is 2.98. The molecule has 0 aliphatic carbocycles. The fraction of sp³-hybridized carbons (Fsp3) is 0.571. The van der Waals surface area contributed by atoms with Crippen LogP contribution < -0.4 is 27.0 Å². The summed E-state index contributed by atoms with van der Waals surface area (Å²) in [6.45, 7) is 11.2. The van der Waals surface area contributed by atoms with Crippen LogP contribution in [0.3, 0.4) is 0 Å². The molecule has 1 aromatic rings. The summed E-state index contributed by atoms with van der Waals surface area (Å²) in [6, 6.07) is 5.42. The molecule has 1 aromatic carbocycles. The molecule has 0 saturated carbocycles. The molecule has 5 amide bonds. The number of rotatable bonds is 14. The van der Waals surface area contributed by atoms with E-state index in [-0.39, 0.29) is 12.5 Å². The molecule has 3 atom stereocenters. The molecule has 13 nitrogen and oxygen atoms in total. The number of primary amides is 1. The van der Waals surface area contributed by atoms with Gasteiger partial charge in [0.2, 0.25) is 23.6 Å². The molecule has 13 heteroatoms. The van der Waals surface area contributed by atoms with Gasteiger partial charge in [-0.15, -0.1) is 0 Å². The number of amides is 5. The summed E-state index contributed by atoms with van der Waals surface area (Å²) in [4.78, 5) is 75.1. The fourth-order valence-electron chi connectivity index (χ4n) is 3.52. The van der Waals surface area contributed by atoms with Gasteiger partial charge in [-0.05, 0) is 38.2 Å². The number of esters is 1. The van der Waals surface area contributed by atoms with Crippen LogP contribution in [0.1, 0.15) is 60.5 Å². The van der Waals surface area contributed by atoms with Crippen LogP contribution in [0.25, 0.3) is 0 Å². The Labute approximate surface area is 240 Å². The highest BCUT2D eigenvalue weighted by Gasteiger charge is 2.34. The summed E-state index contributed by atoms with van der Waals surface area (Å²) < 4.78 is 10.5. The van der Waals surface area contributed by atoms with Crippen LogP contribution in [-0.4, -0.2) is 66.0 Å². The van der Waals surface area contributed by atoms with Crippen molar-refractivity contribution in [3.8, 4) is 0 Å². The minimum atomic E-state index is -1.41. The van der Waals surface area contributed by atoms with Crippen LogP contribution in [0.4, 0.5) is 4.79 Å². The van der Waals surface area contributed by atoms with Crippen molar-refractivity contribution in [3.63, 3.8) is 0 Å². The number of ether oxygens (including phenoxy) is 2. The van der Waals surface area contributed by atoms with Crippen molar-refractivity contribution < 1.29 is 38.2 Å². The van der Waals surface area contributed by atoms with Gasteiger partial charge in [-0.25, -0.2) is 4.79 Å². The maximum Gasteiger partial charge on any atom is 0.408 e. The van der Waals surface area contributed by atoms with Crippen LogP contribution >= 0.6 is 0 Å². The molecule has 0 spiro atoms. The number of nitrogens with one attached hydrogen (secondary N) is 4. The molecule has 1 rings (SSSR count). The fourth-order valence-corrected chi connectivity index (χ4v) is 3.52. The van der Waals surface area contributed by atoms with Gasteiger partial charge in [0, 0.05) is 0 Å². The average Bonchev–Trinajstić information content (AvgIpc) is 2.86. The third kappa shape index (κ3) is 13.6. The van der Waals surface area contributed by atoms with Gasteiger partial charge in [0.1, 0.15) is 30.3 Å². The third-order valence-electron chi connectivity index (χ3n) is 5.54. The lowest BCUT2D eigenvalue weighted by Gasteiger charge is -2.28. The maximum absolute atomic E-state index is 13.3. The SMILES string of the molecule is CC(C)C(NC(=O)[C@@H](NC(=O)OCc1ccccc1)C(C)C)C(=O)N[C@@H](CC(=O)OC(C)(C)C)C(=O)NCC(N)=O. The molecule has 0 fully saturated rings. The highest BCUT2D eigenvalue weighted by molar-refractivity contribution is 5.96. The van der Waals surface area contributed by atoms with Crippen LogP contribution in [-0.2, 0) is 40.1 Å². The molecule has 0 heterocycles. The zero-order valence-electron chi connectivity index (χ0n) is 24.7. The quantitative estimate of drug-likeness (QED) is 0.201. The number of nitrogens with two attached hydrogens (primary N) is 1. The first-order valence-corrected chi connectivity index (χ1v) is 13.4. The van der Waals surface area contributed by atoms with Crippen molar-refractivity contribution in [1.29, 1.82) is 0 Å². The lowest BCUT2D eigenvalue weighted by Crippen LogP contribution is -2.59. The van der Waals surface area contributed by atoms with Crippen LogP contribution in [0.2, 0.25) is 0 Å². The van der Waals surface area contributed by atoms with E-state index in [2.05, 4.69) is 21.3 Å². The summed E-state index contributed by atoms with van der Waals surface area (Å²) in [5.74, 6) is -4.64. The maximum atomic E-state index is 13.3. The molecule has 228 valence electrons. The Morgan fingerprint density at radius 1 is 0.805 bits per heavy atom. The van der Waals surface area contributed by atoms with E-state index in [9.17, 15) is 28.8 Å². The van der Waals surface area contributed by atoms with Gasteiger partial charge in [0.25, 0.3) is 0 Å². The van der Waals surface area contributed by atoms with Crippen molar-refractivity contribution >= 4 is 35.7 Å². The van der Waals surface area contributed by atoms with E-state index >= 15 is 0 Å². The van der Waals surface area contributed by atoms with Gasteiger partial charge in [0.15, 0.2) is 0 Å².